The average Bonchev–Trinajstić information content (AvgIpc) is 3.10. The van der Waals surface area contributed by atoms with E-state index in [4.69, 9.17) is 4.74 Å². The molecule has 0 unspecified atom stereocenters. The van der Waals surface area contributed by atoms with Crippen LogP contribution in [0.5, 0.6) is 0 Å². The Morgan fingerprint density at radius 2 is 2.21 bits per heavy atom. The summed E-state index contributed by atoms with van der Waals surface area (Å²) in [4.78, 5) is 14.4. The first-order valence-electron chi connectivity index (χ1n) is 8.25. The molecule has 0 aliphatic carbocycles. The van der Waals surface area contributed by atoms with Gasteiger partial charge in [-0.15, -0.1) is 0 Å². The number of sulfonamides is 1. The maximum Gasteiger partial charge on any atom is 0.246 e. The van der Waals surface area contributed by atoms with E-state index in [9.17, 15) is 13.2 Å². The summed E-state index contributed by atoms with van der Waals surface area (Å²) in [5.41, 5.74) is 0.823. The summed E-state index contributed by atoms with van der Waals surface area (Å²) >= 11 is 0. The third-order valence-electron chi connectivity index (χ3n) is 4.49. The van der Waals surface area contributed by atoms with Crippen molar-refractivity contribution >= 4 is 21.7 Å². The first-order valence-corrected chi connectivity index (χ1v) is 9.91. The zero-order chi connectivity index (χ0) is 17.3. The van der Waals surface area contributed by atoms with Crippen LogP contribution in [-0.2, 0) is 26.6 Å². The summed E-state index contributed by atoms with van der Waals surface area (Å²) in [6.07, 6.45) is 2.02. The number of hydrogen-bond donors (Lipinski definition) is 1. The predicted octanol–water partition coefficient (Wildman–Crippen LogP) is 0.180. The van der Waals surface area contributed by atoms with E-state index in [1.165, 1.54) is 0 Å². The third-order valence-corrected chi connectivity index (χ3v) is 6.05. The Kier molecular flexibility index (Phi) is 4.93. The van der Waals surface area contributed by atoms with Gasteiger partial charge in [0, 0.05) is 26.3 Å². The van der Waals surface area contributed by atoms with Crippen LogP contribution in [0.2, 0.25) is 0 Å². The van der Waals surface area contributed by atoms with Crippen LogP contribution in [0.1, 0.15) is 25.0 Å². The Labute approximate surface area is 142 Å². The zero-order valence-electron chi connectivity index (χ0n) is 14.1. The number of hydrogen-bond acceptors (Lipinski definition) is 5. The Morgan fingerprint density at radius 3 is 2.83 bits per heavy atom. The molecule has 0 aromatic carbocycles. The highest BCUT2D eigenvalue weighted by Crippen LogP contribution is 2.22. The minimum Gasteiger partial charge on any atom is -0.381 e. The maximum absolute atomic E-state index is 12.7. The van der Waals surface area contributed by atoms with Gasteiger partial charge < -0.3 is 4.74 Å². The Bertz CT molecular complexity index is 709. The number of rotatable bonds is 5. The summed E-state index contributed by atoms with van der Waals surface area (Å²) in [5, 5.41) is 4.26. The normalized spacial score (nSPS) is 25.4. The van der Waals surface area contributed by atoms with Crippen LogP contribution >= 0.6 is 0 Å². The second-order valence-electron chi connectivity index (χ2n) is 6.58. The zero-order valence-corrected chi connectivity index (χ0v) is 14.9. The third kappa shape index (κ3) is 3.79. The molecular formula is C15H24N4O4S. The van der Waals surface area contributed by atoms with Crippen LogP contribution in [-0.4, -0.2) is 55.7 Å². The highest BCUT2D eigenvalue weighted by molar-refractivity contribution is 7.89. The van der Waals surface area contributed by atoms with E-state index in [1.54, 1.807) is 16.6 Å². The van der Waals surface area contributed by atoms with Crippen molar-refractivity contribution in [2.45, 2.75) is 32.2 Å². The number of carbonyl (C=O) groups excluding carboxylic acids is 1. The first-order chi connectivity index (χ1) is 11.4. The Balaban J connectivity index is 1.69. The number of aryl methyl sites for hydroxylation is 2. The molecule has 2 aliphatic rings. The van der Waals surface area contributed by atoms with Crippen molar-refractivity contribution in [3.63, 3.8) is 0 Å². The van der Waals surface area contributed by atoms with Crippen molar-refractivity contribution in [2.24, 2.45) is 13.0 Å². The number of amides is 1. The van der Waals surface area contributed by atoms with Gasteiger partial charge in [-0.1, -0.05) is 0 Å². The van der Waals surface area contributed by atoms with E-state index in [0.29, 0.717) is 32.0 Å². The first kappa shape index (κ1) is 17.4. The summed E-state index contributed by atoms with van der Waals surface area (Å²) < 4.78 is 34.2. The molecule has 24 heavy (non-hydrogen) atoms. The van der Waals surface area contributed by atoms with Gasteiger partial charge in [0.2, 0.25) is 15.9 Å². The molecule has 0 saturated carbocycles. The van der Waals surface area contributed by atoms with Gasteiger partial charge in [0.05, 0.1) is 18.1 Å². The fourth-order valence-electron chi connectivity index (χ4n) is 3.35. The van der Waals surface area contributed by atoms with Crippen LogP contribution in [0.15, 0.2) is 6.07 Å². The number of nitrogens with one attached hydrogen (secondary N) is 1. The predicted molar refractivity (Wildman–Crippen MR) is 89.2 cm³/mol. The molecule has 0 spiro atoms. The van der Waals surface area contributed by atoms with Crippen molar-refractivity contribution < 1.29 is 17.9 Å². The van der Waals surface area contributed by atoms with Gasteiger partial charge in [0.1, 0.15) is 11.9 Å². The van der Waals surface area contributed by atoms with E-state index < -0.39 is 16.1 Å². The van der Waals surface area contributed by atoms with Crippen LogP contribution in [0, 0.1) is 12.8 Å². The molecule has 134 valence electrons. The Hall–Kier alpha value is -1.45. The fraction of sp³-hybridized carbons (Fsp3) is 0.733. The second-order valence-corrected chi connectivity index (χ2v) is 8.38. The van der Waals surface area contributed by atoms with Gasteiger partial charge >= 0.3 is 0 Å². The lowest BCUT2D eigenvalue weighted by Crippen LogP contribution is -2.53. The van der Waals surface area contributed by atoms with Crippen molar-refractivity contribution in [1.29, 1.82) is 0 Å². The van der Waals surface area contributed by atoms with Gasteiger partial charge in [-0.05, 0) is 32.1 Å². The molecule has 1 amide bonds. The van der Waals surface area contributed by atoms with Crippen molar-refractivity contribution in [3.8, 4) is 0 Å². The number of piperidine rings is 1. The number of anilines is 1. The van der Waals surface area contributed by atoms with Gasteiger partial charge in [-0.25, -0.2) is 13.1 Å². The summed E-state index contributed by atoms with van der Waals surface area (Å²) in [6, 6.07) is 1.13. The van der Waals surface area contributed by atoms with Crippen LogP contribution < -0.4 is 9.62 Å². The topological polar surface area (TPSA) is 93.5 Å². The molecular weight excluding hydrogens is 332 g/mol. The number of ether oxygens (including phenoxy) is 1. The molecule has 1 aromatic rings. The van der Waals surface area contributed by atoms with Crippen molar-refractivity contribution in [3.05, 3.63) is 11.8 Å². The molecule has 2 aliphatic heterocycles. The van der Waals surface area contributed by atoms with E-state index in [1.807, 2.05) is 13.0 Å². The average molecular weight is 356 g/mol. The largest absolute Gasteiger partial charge is 0.381 e. The minimum atomic E-state index is -3.51. The maximum atomic E-state index is 12.7. The molecule has 3 heterocycles. The molecule has 3 rings (SSSR count). The highest BCUT2D eigenvalue weighted by Gasteiger charge is 2.35. The molecule has 0 radical (unpaired) electrons. The number of aromatic nitrogens is 2. The molecule has 1 N–H and O–H groups in total. The van der Waals surface area contributed by atoms with Crippen molar-refractivity contribution in [2.75, 3.05) is 30.4 Å². The molecule has 1 aromatic heterocycles. The molecule has 8 nitrogen and oxygen atoms in total. The van der Waals surface area contributed by atoms with Crippen LogP contribution in [0.3, 0.4) is 0 Å². The number of carbonyl (C=O) groups is 1. The summed E-state index contributed by atoms with van der Waals surface area (Å²) in [6.45, 7) is 3.52. The highest BCUT2D eigenvalue weighted by atomic mass is 32.2. The van der Waals surface area contributed by atoms with Gasteiger partial charge in [0.15, 0.2) is 0 Å². The lowest BCUT2D eigenvalue weighted by molar-refractivity contribution is -0.121. The summed E-state index contributed by atoms with van der Waals surface area (Å²) in [5.74, 6) is 0.514. The van der Waals surface area contributed by atoms with Crippen LogP contribution in [0.25, 0.3) is 0 Å². The quantitative estimate of drug-likeness (QED) is 0.812. The van der Waals surface area contributed by atoms with E-state index >= 15 is 0 Å². The lowest BCUT2D eigenvalue weighted by Gasteiger charge is -2.32. The second kappa shape index (κ2) is 6.81. The van der Waals surface area contributed by atoms with Crippen LogP contribution in [0.4, 0.5) is 5.82 Å². The van der Waals surface area contributed by atoms with Gasteiger partial charge in [-0.3, -0.25) is 14.4 Å². The molecule has 2 saturated heterocycles. The van der Waals surface area contributed by atoms with E-state index in [-0.39, 0.29) is 17.6 Å². The smallest absolute Gasteiger partial charge is 0.246 e. The number of nitrogens with zero attached hydrogens (tertiary/aromatic N) is 3. The fourth-order valence-corrected chi connectivity index (χ4v) is 4.98. The van der Waals surface area contributed by atoms with E-state index in [2.05, 4.69) is 9.82 Å². The molecule has 9 heteroatoms. The van der Waals surface area contributed by atoms with E-state index in [0.717, 1.165) is 18.5 Å². The standard InChI is InChI=1S/C15H24N4O4S/c1-11-8-14(18(2)16-11)19-6-3-4-13(15(19)20)17-24(21,22)10-12-5-7-23-9-12/h8,12-13,17H,3-7,9-10H2,1-2H3/t12-,13+/m0/s1. The molecule has 0 bridgehead atoms. The summed E-state index contributed by atoms with van der Waals surface area (Å²) in [7, 11) is -1.73. The molecule has 2 fully saturated rings. The minimum absolute atomic E-state index is 0.0111. The lowest BCUT2D eigenvalue weighted by atomic mass is 10.1. The monoisotopic (exact) mass is 356 g/mol. The SMILES string of the molecule is Cc1cc(N2CCC[C@@H](NS(=O)(=O)C[C@H]3CCOC3)C2=O)n(C)n1. The Morgan fingerprint density at radius 1 is 1.42 bits per heavy atom. The molecule has 2 atom stereocenters. The van der Waals surface area contributed by atoms with Gasteiger partial charge in [0.25, 0.3) is 0 Å². The van der Waals surface area contributed by atoms with Gasteiger partial charge in [-0.2, -0.15) is 5.10 Å². The van der Waals surface area contributed by atoms with Crippen molar-refractivity contribution in [1.82, 2.24) is 14.5 Å².